The number of ether oxygens (including phenoxy) is 2. The second kappa shape index (κ2) is 18.0. The lowest BCUT2D eigenvalue weighted by atomic mass is 9.95. The molecule has 1 fully saturated rings. The summed E-state index contributed by atoms with van der Waals surface area (Å²) in [6, 6.07) is 19.2. The summed E-state index contributed by atoms with van der Waals surface area (Å²) in [5.74, 6) is -3.32. The molecule has 1 saturated heterocycles. The zero-order valence-corrected chi connectivity index (χ0v) is 36.5. The highest BCUT2D eigenvalue weighted by Crippen LogP contribution is 2.42. The number of benzene rings is 3. The second-order valence-corrected chi connectivity index (χ2v) is 17.3. The van der Waals surface area contributed by atoms with Crippen LogP contribution in [0.25, 0.3) is 11.4 Å². The summed E-state index contributed by atoms with van der Waals surface area (Å²) in [5, 5.41) is 11.9. The molecular formula is C46H54N8O9. The molecule has 63 heavy (non-hydrogen) atoms. The number of fused-ring (bicyclic) bond motifs is 5. The van der Waals surface area contributed by atoms with Crippen molar-refractivity contribution in [2.75, 3.05) is 38.8 Å². The number of nitrogens with one attached hydrogen (secondary N) is 4. The van der Waals surface area contributed by atoms with Crippen molar-refractivity contribution in [3.05, 3.63) is 94.5 Å². The van der Waals surface area contributed by atoms with Crippen molar-refractivity contribution in [1.29, 1.82) is 0 Å². The zero-order valence-electron chi connectivity index (χ0n) is 36.5. The first-order chi connectivity index (χ1) is 30.0. The van der Waals surface area contributed by atoms with E-state index in [9.17, 15) is 33.6 Å². The summed E-state index contributed by atoms with van der Waals surface area (Å²) in [5.41, 5.74) is 7.69. The van der Waals surface area contributed by atoms with Crippen LogP contribution in [0.2, 0.25) is 0 Å². The van der Waals surface area contributed by atoms with E-state index in [4.69, 9.17) is 9.47 Å². The van der Waals surface area contributed by atoms with E-state index in [1.54, 1.807) is 11.9 Å². The van der Waals surface area contributed by atoms with Crippen molar-refractivity contribution in [2.45, 2.75) is 89.9 Å². The number of amides is 7. The van der Waals surface area contributed by atoms with Crippen LogP contribution < -0.4 is 31.0 Å². The Labute approximate surface area is 366 Å². The van der Waals surface area contributed by atoms with Crippen LogP contribution in [0.1, 0.15) is 104 Å². The maximum Gasteiger partial charge on any atom is 0.266 e. The van der Waals surface area contributed by atoms with Crippen molar-refractivity contribution in [1.82, 2.24) is 36.4 Å². The molecule has 4 aliphatic heterocycles. The first-order valence-electron chi connectivity index (χ1n) is 21.1. The van der Waals surface area contributed by atoms with Gasteiger partial charge in [-0.05, 0) is 70.7 Å². The van der Waals surface area contributed by atoms with E-state index < -0.39 is 53.3 Å². The smallest absolute Gasteiger partial charge is 0.266 e. The largest absolute Gasteiger partial charge is 0.483 e. The monoisotopic (exact) mass is 862 g/mol. The van der Waals surface area contributed by atoms with Crippen LogP contribution in [0.4, 0.5) is 5.69 Å². The topological polar surface area (TPSA) is 199 Å². The molecule has 3 aromatic carbocycles. The van der Waals surface area contributed by atoms with Gasteiger partial charge in [0.15, 0.2) is 6.61 Å². The highest BCUT2D eigenvalue weighted by atomic mass is 16.5. The summed E-state index contributed by atoms with van der Waals surface area (Å²) in [7, 11) is 3.51. The van der Waals surface area contributed by atoms with Crippen LogP contribution in [0.15, 0.2) is 66.7 Å². The van der Waals surface area contributed by atoms with E-state index in [1.807, 2.05) is 88.4 Å². The Bertz CT molecular complexity index is 2390. The quantitative estimate of drug-likeness (QED) is 0.163. The van der Waals surface area contributed by atoms with Crippen molar-refractivity contribution in [3.63, 3.8) is 0 Å². The fourth-order valence-corrected chi connectivity index (χ4v) is 8.30. The molecule has 0 radical (unpaired) electrons. The fourth-order valence-electron chi connectivity index (χ4n) is 8.30. The molecule has 17 nitrogen and oxygen atoms in total. The van der Waals surface area contributed by atoms with Gasteiger partial charge in [0.05, 0.1) is 40.4 Å². The molecule has 1 atom stereocenters. The van der Waals surface area contributed by atoms with Gasteiger partial charge in [-0.25, -0.2) is 0 Å². The predicted molar refractivity (Wildman–Crippen MR) is 232 cm³/mol. The lowest BCUT2D eigenvalue weighted by Crippen LogP contribution is -2.54. The number of piperidine rings is 1. The average Bonchev–Trinajstić information content (AvgIpc) is 3.70. The van der Waals surface area contributed by atoms with E-state index in [0.29, 0.717) is 32.5 Å². The molecule has 0 saturated carbocycles. The number of carbonyl (C=O) groups excluding carboxylic acids is 7. The van der Waals surface area contributed by atoms with Gasteiger partial charge in [-0.2, -0.15) is 0 Å². The summed E-state index contributed by atoms with van der Waals surface area (Å²) in [6.07, 6.45) is 1.25. The number of para-hydroxylation sites is 1. The minimum atomic E-state index is -1.12. The lowest BCUT2D eigenvalue weighted by Gasteiger charge is -2.35. The minimum absolute atomic E-state index is 0.00124. The van der Waals surface area contributed by atoms with Gasteiger partial charge in [0.25, 0.3) is 17.7 Å². The molecule has 4 N–H and O–H groups in total. The Morgan fingerprint density at radius 2 is 1.56 bits per heavy atom. The molecule has 332 valence electrons. The number of nitrogens with zero attached hydrogens (tertiary/aromatic N) is 4. The third-order valence-electron chi connectivity index (χ3n) is 11.8. The maximum absolute atomic E-state index is 13.8. The molecule has 17 heteroatoms. The lowest BCUT2D eigenvalue weighted by molar-refractivity contribution is -0.136. The Kier molecular flexibility index (Phi) is 12.7. The Morgan fingerprint density at radius 3 is 2.30 bits per heavy atom. The first kappa shape index (κ1) is 44.5. The van der Waals surface area contributed by atoms with Crippen LogP contribution >= 0.6 is 0 Å². The number of rotatable bonds is 15. The molecule has 4 aliphatic rings. The van der Waals surface area contributed by atoms with Gasteiger partial charge in [0.2, 0.25) is 23.6 Å². The molecular weight excluding hydrogens is 809 g/mol. The van der Waals surface area contributed by atoms with Crippen LogP contribution in [0, 0.1) is 0 Å². The Morgan fingerprint density at radius 1 is 0.841 bits per heavy atom. The Hall–Kier alpha value is -6.59. The van der Waals surface area contributed by atoms with Crippen molar-refractivity contribution in [3.8, 4) is 5.75 Å². The van der Waals surface area contributed by atoms with Gasteiger partial charge in [0.1, 0.15) is 11.8 Å². The van der Waals surface area contributed by atoms with Gasteiger partial charge in [-0.1, -0.05) is 48.5 Å². The zero-order chi connectivity index (χ0) is 45.2. The van der Waals surface area contributed by atoms with Gasteiger partial charge < -0.3 is 25.0 Å². The summed E-state index contributed by atoms with van der Waals surface area (Å²) in [6.45, 7) is 8.57. The van der Waals surface area contributed by atoms with Crippen LogP contribution in [-0.4, -0.2) is 107 Å². The number of imide groups is 2. The summed E-state index contributed by atoms with van der Waals surface area (Å²) >= 11 is 0. The molecule has 7 rings (SSSR count). The van der Waals surface area contributed by atoms with Gasteiger partial charge in [-0.3, -0.25) is 54.2 Å². The molecule has 3 aromatic rings. The van der Waals surface area contributed by atoms with E-state index in [-0.39, 0.29) is 54.4 Å². The number of hydrogen-bond acceptors (Lipinski definition) is 12. The first-order valence-corrected chi connectivity index (χ1v) is 21.1. The van der Waals surface area contributed by atoms with Crippen molar-refractivity contribution in [2.24, 2.45) is 0 Å². The van der Waals surface area contributed by atoms with Crippen molar-refractivity contribution < 1.29 is 43.0 Å². The van der Waals surface area contributed by atoms with Crippen LogP contribution in [0.5, 0.6) is 5.75 Å². The van der Waals surface area contributed by atoms with Gasteiger partial charge in [-0.15, -0.1) is 5.12 Å². The molecule has 7 amide bonds. The number of anilines is 1. The predicted octanol–water partition coefficient (Wildman–Crippen LogP) is 3.50. The van der Waals surface area contributed by atoms with Crippen molar-refractivity contribution >= 4 is 58.4 Å². The van der Waals surface area contributed by atoms with E-state index >= 15 is 0 Å². The van der Waals surface area contributed by atoms with Gasteiger partial charge in [0, 0.05) is 63.2 Å². The standard InChI is InChI=1S/C46H54N8O9/c1-45(2,49-37(57)27-62-34-17-11-15-31-39(34)44(61)54(43(31)60)33-18-19-36(56)48-42(33)59)23-25-63-46(3,4)22-24-53-41-30-14-9-10-16-32(30)52(38(58)21-20-35(55)47-5)26-28-12-7-8-13-29(28)40(41)50-51(53)6/h7-17,33,50H,18-27H2,1-6H3,(H,47,55)(H,49,57)(H,48,56,59). The third-order valence-corrected chi connectivity index (χ3v) is 11.8. The van der Waals surface area contributed by atoms with E-state index in [1.165, 1.54) is 18.2 Å². The summed E-state index contributed by atoms with van der Waals surface area (Å²) in [4.78, 5) is 92.5. The highest BCUT2D eigenvalue weighted by Gasteiger charge is 2.46. The number of hydrogen-bond donors (Lipinski definition) is 4. The molecule has 1 unspecified atom stereocenters. The molecule has 0 aromatic heterocycles. The normalized spacial score (nSPS) is 17.6. The van der Waals surface area contributed by atoms with E-state index in [2.05, 4.69) is 26.4 Å². The number of carbonyl (C=O) groups is 7. The van der Waals surface area contributed by atoms with Crippen LogP contribution in [0.3, 0.4) is 0 Å². The number of hydrazine groups is 2. The maximum atomic E-state index is 13.8. The third kappa shape index (κ3) is 9.44. The Balaban J connectivity index is 0.966. The van der Waals surface area contributed by atoms with E-state index in [0.717, 1.165) is 38.7 Å². The highest BCUT2D eigenvalue weighted by molar-refractivity contribution is 6.24. The molecule has 0 aliphatic carbocycles. The second-order valence-electron chi connectivity index (χ2n) is 17.3. The van der Waals surface area contributed by atoms with Gasteiger partial charge >= 0.3 is 0 Å². The SMILES string of the molecule is CNC(=O)CCC(=O)N1Cc2ccccc2C2=C(c3ccccc31)N(CCC(C)(C)OCCC(C)(C)NC(=O)COc1cccc3c1C(=O)N(C1CCC(=O)NC1=O)C3=O)N(C)N2. The minimum Gasteiger partial charge on any atom is -0.483 e. The fraction of sp³-hybridized carbons (Fsp3) is 0.413. The molecule has 0 spiro atoms. The summed E-state index contributed by atoms with van der Waals surface area (Å²) < 4.78 is 12.2. The average molecular weight is 863 g/mol. The molecule has 0 bridgehead atoms. The molecule has 4 heterocycles. The van der Waals surface area contributed by atoms with Crippen LogP contribution in [-0.2, 0) is 35.3 Å².